The van der Waals surface area contributed by atoms with E-state index >= 15 is 0 Å². The Hall–Kier alpha value is -2.45. The standard InChI is InChI=1S/C18H36O2.C8H10O8.C3H8O3/c1-2-3-4-5-6-7-8-9-10-11-12-13-14-15-16-17-18(19)20;1-3(9)7(15,5(11)12)8(16,4(2)10)6(13)14;4-1-3(6)2-5/h2-17H2,1H3,(H,19,20);15-16H,1-2H3,(H,11,12)(H,13,14);3-6H,1-2H2. The molecule has 42 heavy (non-hydrogen) atoms. The monoisotopic (exact) mass is 610 g/mol. The second-order valence-corrected chi connectivity index (χ2v) is 10.3. The van der Waals surface area contributed by atoms with Crippen molar-refractivity contribution < 1.29 is 64.8 Å². The van der Waals surface area contributed by atoms with Crippen LogP contribution in [0.25, 0.3) is 0 Å². The summed E-state index contributed by atoms with van der Waals surface area (Å²) in [6, 6.07) is 0. The minimum absolute atomic E-state index is 0.345. The van der Waals surface area contributed by atoms with Gasteiger partial charge in [-0.25, -0.2) is 9.59 Å². The van der Waals surface area contributed by atoms with E-state index in [4.69, 9.17) is 30.6 Å². The lowest BCUT2D eigenvalue weighted by Gasteiger charge is -2.32. The van der Waals surface area contributed by atoms with Gasteiger partial charge in [-0.3, -0.25) is 14.4 Å². The van der Waals surface area contributed by atoms with Crippen LogP contribution in [0.2, 0.25) is 0 Å². The number of Topliss-reactive ketones (excluding diaryl/α,β-unsaturated/α-hetero) is 2. The zero-order valence-corrected chi connectivity index (χ0v) is 25.4. The van der Waals surface area contributed by atoms with E-state index in [1.54, 1.807) is 0 Å². The van der Waals surface area contributed by atoms with Crippen LogP contribution in [0.5, 0.6) is 0 Å². The molecule has 0 fully saturated rings. The van der Waals surface area contributed by atoms with E-state index in [0.717, 1.165) is 12.8 Å². The first kappa shape index (κ1) is 44.0. The van der Waals surface area contributed by atoms with Crippen LogP contribution in [0.3, 0.4) is 0 Å². The third-order valence-electron chi connectivity index (χ3n) is 6.58. The van der Waals surface area contributed by atoms with Crippen molar-refractivity contribution in [1.82, 2.24) is 0 Å². The van der Waals surface area contributed by atoms with E-state index in [0.29, 0.717) is 20.3 Å². The number of carboxylic acids is 3. The number of aliphatic carboxylic acids is 3. The molecule has 0 heterocycles. The Labute approximate surface area is 248 Å². The predicted molar refractivity (Wildman–Crippen MR) is 154 cm³/mol. The summed E-state index contributed by atoms with van der Waals surface area (Å²) in [7, 11) is 0. The highest BCUT2D eigenvalue weighted by molar-refractivity contribution is 6.20. The second kappa shape index (κ2) is 26.2. The van der Waals surface area contributed by atoms with E-state index in [2.05, 4.69) is 6.92 Å². The predicted octanol–water partition coefficient (Wildman–Crippen LogP) is 2.46. The van der Waals surface area contributed by atoms with Crippen LogP contribution in [-0.2, 0) is 24.0 Å². The van der Waals surface area contributed by atoms with Crippen molar-refractivity contribution in [2.45, 2.75) is 141 Å². The quantitative estimate of drug-likeness (QED) is 0.0612. The van der Waals surface area contributed by atoms with E-state index < -0.39 is 46.8 Å². The number of hydrogen-bond acceptors (Lipinski definition) is 10. The van der Waals surface area contributed by atoms with Crippen LogP contribution < -0.4 is 0 Å². The van der Waals surface area contributed by atoms with Crippen LogP contribution in [0.4, 0.5) is 0 Å². The van der Waals surface area contributed by atoms with Crippen molar-refractivity contribution in [3.8, 4) is 0 Å². The van der Waals surface area contributed by atoms with Gasteiger partial charge >= 0.3 is 17.9 Å². The van der Waals surface area contributed by atoms with E-state index in [-0.39, 0.29) is 13.2 Å². The summed E-state index contributed by atoms with van der Waals surface area (Å²) in [6.07, 6.45) is 19.2. The second-order valence-electron chi connectivity index (χ2n) is 10.3. The molecule has 0 aromatic heterocycles. The number of aliphatic hydroxyl groups is 5. The lowest BCUT2D eigenvalue weighted by molar-refractivity contribution is -0.206. The molecule has 0 amide bonds. The molecule has 0 saturated heterocycles. The highest BCUT2D eigenvalue weighted by Crippen LogP contribution is 2.26. The molecule has 13 heteroatoms. The molecule has 0 bridgehead atoms. The summed E-state index contributed by atoms with van der Waals surface area (Å²) in [6.45, 7) is 2.63. The maximum absolute atomic E-state index is 11.0. The lowest BCUT2D eigenvalue weighted by Crippen LogP contribution is -2.70. The third kappa shape index (κ3) is 18.9. The molecule has 0 saturated carbocycles. The fraction of sp³-hybridized carbons (Fsp3) is 0.828. The zero-order valence-electron chi connectivity index (χ0n) is 25.4. The van der Waals surface area contributed by atoms with Crippen LogP contribution >= 0.6 is 0 Å². The van der Waals surface area contributed by atoms with Crippen molar-refractivity contribution in [3.63, 3.8) is 0 Å². The van der Waals surface area contributed by atoms with E-state index in [9.17, 15) is 34.2 Å². The summed E-state index contributed by atoms with van der Waals surface area (Å²) in [5.41, 5.74) is -7.44. The minimum atomic E-state index is -3.72. The number of carbonyl (C=O) groups excluding carboxylic acids is 2. The molecule has 0 aliphatic heterocycles. The Morgan fingerprint density at radius 2 is 0.810 bits per heavy atom. The number of hydrogen-bond donors (Lipinski definition) is 8. The van der Waals surface area contributed by atoms with Gasteiger partial charge in [0.05, 0.1) is 13.2 Å². The van der Waals surface area contributed by atoms with Gasteiger partial charge in [0, 0.05) is 6.42 Å². The first-order valence-corrected chi connectivity index (χ1v) is 14.7. The fourth-order valence-electron chi connectivity index (χ4n) is 3.83. The molecule has 0 rings (SSSR count). The minimum Gasteiger partial charge on any atom is -0.481 e. The summed E-state index contributed by atoms with van der Waals surface area (Å²) >= 11 is 0. The van der Waals surface area contributed by atoms with E-state index in [1.807, 2.05) is 0 Å². The number of unbranched alkanes of at least 4 members (excludes halogenated alkanes) is 14. The Morgan fingerprint density at radius 3 is 0.976 bits per heavy atom. The molecule has 248 valence electrons. The molecular weight excluding hydrogens is 556 g/mol. The van der Waals surface area contributed by atoms with Crippen LogP contribution in [0, 0.1) is 0 Å². The van der Waals surface area contributed by atoms with Gasteiger partial charge in [-0.2, -0.15) is 0 Å². The van der Waals surface area contributed by atoms with Crippen molar-refractivity contribution >= 4 is 29.5 Å². The molecule has 2 atom stereocenters. The zero-order chi connectivity index (χ0) is 33.2. The third-order valence-corrected chi connectivity index (χ3v) is 6.58. The molecule has 0 spiro atoms. The topological polar surface area (TPSA) is 247 Å². The largest absolute Gasteiger partial charge is 0.481 e. The Kier molecular flexibility index (Phi) is 27.4. The summed E-state index contributed by atoms with van der Waals surface area (Å²) in [5, 5.41) is 68.6. The average Bonchev–Trinajstić information content (AvgIpc) is 2.93. The first-order chi connectivity index (χ1) is 19.6. The molecule has 0 aliphatic carbocycles. The Balaban J connectivity index is -0.000000616. The van der Waals surface area contributed by atoms with Gasteiger partial charge in [-0.1, -0.05) is 96.8 Å². The van der Waals surface area contributed by atoms with Crippen LogP contribution in [0.1, 0.15) is 124 Å². The number of ketones is 2. The van der Waals surface area contributed by atoms with Crippen molar-refractivity contribution in [2.75, 3.05) is 13.2 Å². The van der Waals surface area contributed by atoms with Gasteiger partial charge in [0.1, 0.15) is 6.10 Å². The van der Waals surface area contributed by atoms with Gasteiger partial charge < -0.3 is 40.9 Å². The summed E-state index contributed by atoms with van der Waals surface area (Å²) in [4.78, 5) is 53.6. The maximum atomic E-state index is 11.0. The van der Waals surface area contributed by atoms with Gasteiger partial charge in [-0.15, -0.1) is 0 Å². The maximum Gasteiger partial charge on any atom is 0.347 e. The molecule has 0 aromatic rings. The van der Waals surface area contributed by atoms with Crippen molar-refractivity contribution in [2.24, 2.45) is 0 Å². The molecule has 0 radical (unpaired) electrons. The highest BCUT2D eigenvalue weighted by Gasteiger charge is 2.67. The summed E-state index contributed by atoms with van der Waals surface area (Å²) in [5.74, 6) is -8.43. The summed E-state index contributed by atoms with van der Waals surface area (Å²) < 4.78 is 0. The molecule has 13 nitrogen and oxygen atoms in total. The average molecular weight is 611 g/mol. The van der Waals surface area contributed by atoms with Gasteiger partial charge in [0.25, 0.3) is 11.2 Å². The smallest absolute Gasteiger partial charge is 0.347 e. The number of carboxylic acid groups (broad SMARTS) is 3. The Bertz CT molecular complexity index is 699. The van der Waals surface area contributed by atoms with Gasteiger partial charge in [-0.05, 0) is 20.3 Å². The van der Waals surface area contributed by atoms with E-state index in [1.165, 1.54) is 83.5 Å². The van der Waals surface area contributed by atoms with Crippen molar-refractivity contribution in [3.05, 3.63) is 0 Å². The molecule has 8 N–H and O–H groups in total. The highest BCUT2D eigenvalue weighted by atomic mass is 16.5. The SMILES string of the molecule is CC(=O)C(O)(C(=O)O)C(O)(C(C)=O)C(=O)O.CCCCCCCCCCCCCCCCCC(=O)O.OCC(O)CO. The van der Waals surface area contributed by atoms with Gasteiger partial charge in [0.2, 0.25) is 0 Å². The molecule has 2 unspecified atom stereocenters. The number of aliphatic hydroxyl groups excluding tert-OH is 3. The number of carbonyl (C=O) groups is 5. The fourth-order valence-corrected chi connectivity index (χ4v) is 3.83. The molecule has 0 aliphatic rings. The van der Waals surface area contributed by atoms with Crippen molar-refractivity contribution in [1.29, 1.82) is 0 Å². The normalized spacial score (nSPS) is 13.5. The Morgan fingerprint density at radius 1 is 0.548 bits per heavy atom. The van der Waals surface area contributed by atoms with Crippen LogP contribution in [0.15, 0.2) is 0 Å². The lowest BCUT2D eigenvalue weighted by atomic mass is 9.77. The van der Waals surface area contributed by atoms with Gasteiger partial charge in [0.15, 0.2) is 11.6 Å². The first-order valence-electron chi connectivity index (χ1n) is 14.7. The number of rotatable bonds is 23. The molecule has 0 aromatic carbocycles. The van der Waals surface area contributed by atoms with Crippen LogP contribution in [-0.4, -0.2) is 101 Å². The molecular formula is C29H54O13.